The number of hydrogen-bond acceptors (Lipinski definition) is 4. The predicted octanol–water partition coefficient (Wildman–Crippen LogP) is 2.42. The topological polar surface area (TPSA) is 55.3 Å². The number of aromatic nitrogens is 2. The SMILES string of the molecule is CC1CN(C(=O)c2cc(Cl)nnc2Cl)CC(C)(C)O1. The smallest absolute Gasteiger partial charge is 0.257 e. The van der Waals surface area contributed by atoms with E-state index in [9.17, 15) is 4.79 Å². The van der Waals surface area contributed by atoms with Crippen molar-refractivity contribution >= 4 is 29.1 Å². The number of amides is 1. The molecule has 0 aliphatic carbocycles. The maximum absolute atomic E-state index is 12.5. The standard InChI is InChI=1S/C12H15Cl2N3O2/c1-7-5-17(6-12(2,3)19-7)11(18)8-4-9(13)15-16-10(8)14/h4,7H,5-6H2,1-3H3. The minimum atomic E-state index is -0.385. The van der Waals surface area contributed by atoms with Crippen LogP contribution < -0.4 is 0 Å². The highest BCUT2D eigenvalue weighted by atomic mass is 35.5. The van der Waals surface area contributed by atoms with Gasteiger partial charge < -0.3 is 9.64 Å². The Kier molecular flexibility index (Phi) is 3.99. The predicted molar refractivity (Wildman–Crippen MR) is 72.6 cm³/mol. The molecule has 1 aliphatic heterocycles. The molecule has 104 valence electrons. The van der Waals surface area contributed by atoms with Crippen molar-refractivity contribution < 1.29 is 9.53 Å². The fourth-order valence-corrected chi connectivity index (χ4v) is 2.60. The van der Waals surface area contributed by atoms with Crippen LogP contribution in [0.5, 0.6) is 0 Å². The summed E-state index contributed by atoms with van der Waals surface area (Å²) in [5.41, 5.74) is -0.115. The number of hydrogen-bond donors (Lipinski definition) is 0. The number of rotatable bonds is 1. The molecule has 1 aliphatic rings. The van der Waals surface area contributed by atoms with Crippen LogP contribution in [0.3, 0.4) is 0 Å². The third-order valence-electron chi connectivity index (χ3n) is 2.81. The van der Waals surface area contributed by atoms with Crippen LogP contribution in [0.1, 0.15) is 31.1 Å². The van der Waals surface area contributed by atoms with E-state index >= 15 is 0 Å². The monoisotopic (exact) mass is 303 g/mol. The lowest BCUT2D eigenvalue weighted by molar-refractivity contribution is -0.118. The maximum Gasteiger partial charge on any atom is 0.257 e. The van der Waals surface area contributed by atoms with Gasteiger partial charge in [0.2, 0.25) is 0 Å². The molecule has 2 heterocycles. The normalized spacial score (nSPS) is 22.4. The molecular weight excluding hydrogens is 289 g/mol. The van der Waals surface area contributed by atoms with Gasteiger partial charge in [0.1, 0.15) is 0 Å². The molecule has 1 saturated heterocycles. The summed E-state index contributed by atoms with van der Waals surface area (Å²) in [6.45, 7) is 6.83. The summed E-state index contributed by atoms with van der Waals surface area (Å²) >= 11 is 11.7. The Bertz CT molecular complexity index is 508. The van der Waals surface area contributed by atoms with E-state index in [2.05, 4.69) is 10.2 Å². The molecule has 1 fully saturated rings. The zero-order valence-electron chi connectivity index (χ0n) is 11.0. The quantitative estimate of drug-likeness (QED) is 0.799. The summed E-state index contributed by atoms with van der Waals surface area (Å²) in [5, 5.41) is 7.46. The molecule has 19 heavy (non-hydrogen) atoms. The number of carbonyl (C=O) groups is 1. The van der Waals surface area contributed by atoms with Gasteiger partial charge in [-0.05, 0) is 26.8 Å². The lowest BCUT2D eigenvalue weighted by atomic mass is 10.0. The van der Waals surface area contributed by atoms with E-state index in [-0.39, 0.29) is 33.5 Å². The Morgan fingerprint density at radius 2 is 2.16 bits per heavy atom. The summed E-state index contributed by atoms with van der Waals surface area (Å²) < 4.78 is 5.76. The second kappa shape index (κ2) is 5.23. The molecule has 1 amide bonds. The largest absolute Gasteiger partial charge is 0.369 e. The third-order valence-corrected chi connectivity index (χ3v) is 3.27. The van der Waals surface area contributed by atoms with Gasteiger partial charge in [-0.2, -0.15) is 0 Å². The van der Waals surface area contributed by atoms with Crippen LogP contribution >= 0.6 is 23.2 Å². The van der Waals surface area contributed by atoms with Crippen LogP contribution in [0, 0.1) is 0 Å². The zero-order chi connectivity index (χ0) is 14.2. The highest BCUT2D eigenvalue weighted by molar-refractivity contribution is 6.34. The molecule has 5 nitrogen and oxygen atoms in total. The van der Waals surface area contributed by atoms with Crippen molar-refractivity contribution in [2.24, 2.45) is 0 Å². The van der Waals surface area contributed by atoms with E-state index in [0.29, 0.717) is 13.1 Å². The van der Waals surface area contributed by atoms with Gasteiger partial charge in [-0.15, -0.1) is 10.2 Å². The van der Waals surface area contributed by atoms with Crippen molar-refractivity contribution in [2.45, 2.75) is 32.5 Å². The summed E-state index contributed by atoms with van der Waals surface area (Å²) in [4.78, 5) is 14.2. The first-order valence-electron chi connectivity index (χ1n) is 5.94. The summed E-state index contributed by atoms with van der Waals surface area (Å²) in [7, 11) is 0. The van der Waals surface area contributed by atoms with Crippen LogP contribution in [-0.2, 0) is 4.74 Å². The van der Waals surface area contributed by atoms with Gasteiger partial charge in [0.15, 0.2) is 10.3 Å². The molecule has 0 spiro atoms. The molecule has 0 saturated carbocycles. The first-order chi connectivity index (χ1) is 8.78. The lowest BCUT2D eigenvalue weighted by Gasteiger charge is -2.41. The van der Waals surface area contributed by atoms with Crippen molar-refractivity contribution in [1.29, 1.82) is 0 Å². The minimum absolute atomic E-state index is 0.0308. The van der Waals surface area contributed by atoms with E-state index in [0.717, 1.165) is 0 Å². The van der Waals surface area contributed by atoms with Gasteiger partial charge in [-0.3, -0.25) is 4.79 Å². The number of carbonyl (C=O) groups excluding carboxylic acids is 1. The molecule has 2 rings (SSSR count). The molecule has 0 aromatic carbocycles. The number of morpholine rings is 1. The Morgan fingerprint density at radius 3 is 2.79 bits per heavy atom. The van der Waals surface area contributed by atoms with E-state index in [1.807, 2.05) is 20.8 Å². The molecule has 1 aromatic heterocycles. The first-order valence-corrected chi connectivity index (χ1v) is 6.70. The summed E-state index contributed by atoms with van der Waals surface area (Å²) in [5.74, 6) is -0.204. The Hall–Kier alpha value is -0.910. The maximum atomic E-state index is 12.5. The average molecular weight is 304 g/mol. The molecular formula is C12H15Cl2N3O2. The molecule has 0 bridgehead atoms. The highest BCUT2D eigenvalue weighted by Crippen LogP contribution is 2.24. The molecule has 1 atom stereocenters. The van der Waals surface area contributed by atoms with Crippen LogP contribution in [0.15, 0.2) is 6.07 Å². The second-order valence-corrected chi connectivity index (χ2v) is 5.99. The zero-order valence-corrected chi connectivity index (χ0v) is 12.5. The van der Waals surface area contributed by atoms with Gasteiger partial charge in [-0.25, -0.2) is 0 Å². The number of ether oxygens (including phenoxy) is 1. The molecule has 0 radical (unpaired) electrons. The number of nitrogens with zero attached hydrogens (tertiary/aromatic N) is 3. The van der Waals surface area contributed by atoms with Crippen LogP contribution in [-0.4, -0.2) is 45.8 Å². The van der Waals surface area contributed by atoms with E-state index in [4.69, 9.17) is 27.9 Å². The van der Waals surface area contributed by atoms with Crippen LogP contribution in [0.2, 0.25) is 10.3 Å². The van der Waals surface area contributed by atoms with Crippen molar-refractivity contribution in [2.75, 3.05) is 13.1 Å². The second-order valence-electron chi connectivity index (χ2n) is 5.25. The Balaban J connectivity index is 2.26. The molecule has 7 heteroatoms. The highest BCUT2D eigenvalue weighted by Gasteiger charge is 2.34. The molecule has 1 aromatic rings. The van der Waals surface area contributed by atoms with Crippen LogP contribution in [0.25, 0.3) is 0 Å². The Morgan fingerprint density at radius 1 is 1.47 bits per heavy atom. The van der Waals surface area contributed by atoms with Crippen LogP contribution in [0.4, 0.5) is 0 Å². The minimum Gasteiger partial charge on any atom is -0.369 e. The van der Waals surface area contributed by atoms with Gasteiger partial charge in [0.05, 0.1) is 17.3 Å². The van der Waals surface area contributed by atoms with Gasteiger partial charge in [0, 0.05) is 13.1 Å². The Labute approximate surface area is 121 Å². The van der Waals surface area contributed by atoms with E-state index in [1.165, 1.54) is 6.07 Å². The fraction of sp³-hybridized carbons (Fsp3) is 0.583. The van der Waals surface area contributed by atoms with Gasteiger partial charge >= 0.3 is 0 Å². The van der Waals surface area contributed by atoms with Crippen molar-refractivity contribution in [3.63, 3.8) is 0 Å². The van der Waals surface area contributed by atoms with Crippen molar-refractivity contribution in [3.8, 4) is 0 Å². The first kappa shape index (κ1) is 14.5. The van der Waals surface area contributed by atoms with E-state index in [1.54, 1.807) is 4.90 Å². The van der Waals surface area contributed by atoms with E-state index < -0.39 is 0 Å². The number of halogens is 2. The van der Waals surface area contributed by atoms with Crippen molar-refractivity contribution in [3.05, 3.63) is 21.9 Å². The third kappa shape index (κ3) is 3.35. The summed E-state index contributed by atoms with van der Waals surface area (Å²) in [6.07, 6.45) is -0.0308. The lowest BCUT2D eigenvalue weighted by Crippen LogP contribution is -2.53. The van der Waals surface area contributed by atoms with Gasteiger partial charge in [-0.1, -0.05) is 23.2 Å². The molecule has 0 N–H and O–H groups in total. The summed E-state index contributed by atoms with van der Waals surface area (Å²) in [6, 6.07) is 1.44. The average Bonchev–Trinajstić information content (AvgIpc) is 2.29. The van der Waals surface area contributed by atoms with Crippen molar-refractivity contribution in [1.82, 2.24) is 15.1 Å². The molecule has 1 unspecified atom stereocenters. The van der Waals surface area contributed by atoms with Gasteiger partial charge in [0.25, 0.3) is 5.91 Å². The fourth-order valence-electron chi connectivity index (χ4n) is 2.28.